The van der Waals surface area contributed by atoms with Crippen molar-refractivity contribution < 1.29 is 0 Å². The van der Waals surface area contributed by atoms with Crippen LogP contribution in [0.1, 0.15) is 10.4 Å². The quantitative estimate of drug-likeness (QED) is 0.726. The molecule has 1 aromatic carbocycles. The van der Waals surface area contributed by atoms with Gasteiger partial charge in [-0.05, 0) is 25.2 Å². The second kappa shape index (κ2) is 6.93. The summed E-state index contributed by atoms with van der Waals surface area (Å²) in [4.78, 5) is 10.9. The van der Waals surface area contributed by atoms with Crippen LogP contribution in [0.3, 0.4) is 0 Å². The summed E-state index contributed by atoms with van der Waals surface area (Å²) in [6.07, 6.45) is 0. The van der Waals surface area contributed by atoms with Crippen LogP contribution in [0.5, 0.6) is 0 Å². The number of piperazine rings is 1. The van der Waals surface area contributed by atoms with Gasteiger partial charge in [0.15, 0.2) is 0 Å². The summed E-state index contributed by atoms with van der Waals surface area (Å²) in [6, 6.07) is 14.4. The van der Waals surface area contributed by atoms with Crippen LogP contribution in [0, 0.1) is 11.3 Å². The number of likely N-dealkylation sites (N-methyl/N-ethyl adjacent to an activating group) is 1. The molecule has 3 heterocycles. The maximum atomic E-state index is 9.53. The molecule has 0 spiro atoms. The Morgan fingerprint density at radius 1 is 1.16 bits per heavy atom. The van der Waals surface area contributed by atoms with Crippen LogP contribution in [0.2, 0.25) is 0 Å². The molecule has 1 fully saturated rings. The lowest BCUT2D eigenvalue weighted by molar-refractivity contribution is 0.149. The summed E-state index contributed by atoms with van der Waals surface area (Å²) >= 11 is 1.76. The van der Waals surface area contributed by atoms with E-state index in [-0.39, 0.29) is 0 Å². The van der Waals surface area contributed by atoms with E-state index in [1.54, 1.807) is 11.3 Å². The minimum absolute atomic E-state index is 0.641. The zero-order chi connectivity index (χ0) is 17.2. The Bertz CT molecular complexity index is 932. The fraction of sp³-hybridized carbons (Fsp3) is 0.300. The third-order valence-electron chi connectivity index (χ3n) is 4.75. The smallest absolute Gasteiger partial charge is 0.101 e. The maximum Gasteiger partial charge on any atom is 0.101 e. The molecular weight excluding hydrogens is 328 g/mol. The number of nitrogens with zero attached hydrogens (tertiary/aromatic N) is 4. The van der Waals surface area contributed by atoms with Crippen LogP contribution < -0.4 is 0 Å². The first-order valence-corrected chi connectivity index (χ1v) is 9.39. The Balaban J connectivity index is 1.61. The molecule has 0 amide bonds. The van der Waals surface area contributed by atoms with Gasteiger partial charge < -0.3 is 4.90 Å². The third kappa shape index (κ3) is 3.42. The maximum absolute atomic E-state index is 9.53. The van der Waals surface area contributed by atoms with Crippen molar-refractivity contribution in [2.24, 2.45) is 0 Å². The zero-order valence-corrected chi connectivity index (χ0v) is 15.1. The fourth-order valence-electron chi connectivity index (χ4n) is 3.24. The van der Waals surface area contributed by atoms with Gasteiger partial charge in [-0.3, -0.25) is 4.90 Å². The van der Waals surface area contributed by atoms with E-state index >= 15 is 0 Å². The highest BCUT2D eigenvalue weighted by molar-refractivity contribution is 7.10. The van der Waals surface area contributed by atoms with Crippen molar-refractivity contribution in [1.82, 2.24) is 14.8 Å². The Morgan fingerprint density at radius 2 is 1.96 bits per heavy atom. The van der Waals surface area contributed by atoms with Gasteiger partial charge in [-0.2, -0.15) is 5.26 Å². The number of benzene rings is 1. The molecule has 0 radical (unpaired) electrons. The number of pyridine rings is 1. The largest absolute Gasteiger partial charge is 0.304 e. The predicted molar refractivity (Wildman–Crippen MR) is 103 cm³/mol. The molecule has 3 aromatic rings. The van der Waals surface area contributed by atoms with Crippen molar-refractivity contribution in [3.8, 4) is 17.3 Å². The minimum Gasteiger partial charge on any atom is -0.304 e. The van der Waals surface area contributed by atoms with E-state index in [1.165, 1.54) is 4.88 Å². The molecular formula is C20H20N4S. The monoisotopic (exact) mass is 348 g/mol. The van der Waals surface area contributed by atoms with E-state index < -0.39 is 0 Å². The standard InChI is InChI=1S/C20H20N4S/c1-23-6-8-24(9-7-23)13-18-11-17(14-25-18)20-16(12-21)10-15-4-2-3-5-19(15)22-20/h2-5,10-11,14H,6-9,13H2,1H3. The molecule has 4 rings (SSSR count). The molecule has 0 unspecified atom stereocenters. The number of nitriles is 1. The summed E-state index contributed by atoms with van der Waals surface area (Å²) in [7, 11) is 2.18. The molecule has 1 aliphatic rings. The number of hydrogen-bond donors (Lipinski definition) is 0. The Morgan fingerprint density at radius 3 is 2.76 bits per heavy atom. The van der Waals surface area contributed by atoms with Crippen LogP contribution in [0.25, 0.3) is 22.2 Å². The molecule has 2 aromatic heterocycles. The SMILES string of the molecule is CN1CCN(Cc2cc(-c3nc4ccccc4cc3C#N)cs2)CC1. The molecule has 1 saturated heterocycles. The highest BCUT2D eigenvalue weighted by Gasteiger charge is 2.16. The van der Waals surface area contributed by atoms with Crippen LogP contribution in [0.15, 0.2) is 41.8 Å². The van der Waals surface area contributed by atoms with Crippen molar-refractivity contribution in [3.05, 3.63) is 52.2 Å². The van der Waals surface area contributed by atoms with Gasteiger partial charge in [0, 0.05) is 53.9 Å². The third-order valence-corrected chi connectivity index (χ3v) is 5.67. The van der Waals surface area contributed by atoms with Crippen molar-refractivity contribution in [3.63, 3.8) is 0 Å². The van der Waals surface area contributed by atoms with Crippen LogP contribution in [-0.2, 0) is 6.54 Å². The van der Waals surface area contributed by atoms with Gasteiger partial charge in [-0.1, -0.05) is 18.2 Å². The number of aromatic nitrogens is 1. The molecule has 1 aliphatic heterocycles. The van der Waals surface area contributed by atoms with Gasteiger partial charge in [0.25, 0.3) is 0 Å². The van der Waals surface area contributed by atoms with Crippen LogP contribution >= 0.6 is 11.3 Å². The van der Waals surface area contributed by atoms with E-state index in [1.807, 2.05) is 30.3 Å². The summed E-state index contributed by atoms with van der Waals surface area (Å²) in [5.41, 5.74) is 3.42. The van der Waals surface area contributed by atoms with Crippen molar-refractivity contribution in [2.75, 3.05) is 33.2 Å². The highest BCUT2D eigenvalue weighted by atomic mass is 32.1. The fourth-order valence-corrected chi connectivity index (χ4v) is 4.15. The molecule has 5 heteroatoms. The van der Waals surface area contributed by atoms with Gasteiger partial charge in [-0.25, -0.2) is 4.98 Å². The van der Waals surface area contributed by atoms with E-state index in [0.717, 1.165) is 54.9 Å². The number of hydrogen-bond acceptors (Lipinski definition) is 5. The average Bonchev–Trinajstić information content (AvgIpc) is 3.11. The Kier molecular flexibility index (Phi) is 4.50. The lowest BCUT2D eigenvalue weighted by Crippen LogP contribution is -2.43. The van der Waals surface area contributed by atoms with E-state index in [0.29, 0.717) is 5.56 Å². The van der Waals surface area contributed by atoms with Crippen LogP contribution in [-0.4, -0.2) is 48.0 Å². The summed E-state index contributed by atoms with van der Waals surface area (Å²) < 4.78 is 0. The number of thiophene rings is 1. The van der Waals surface area contributed by atoms with Gasteiger partial charge in [0.05, 0.1) is 16.8 Å². The van der Waals surface area contributed by atoms with Gasteiger partial charge in [0.2, 0.25) is 0 Å². The molecule has 0 saturated carbocycles. The molecule has 0 aliphatic carbocycles. The van der Waals surface area contributed by atoms with Gasteiger partial charge in [0.1, 0.15) is 6.07 Å². The highest BCUT2D eigenvalue weighted by Crippen LogP contribution is 2.29. The first kappa shape index (κ1) is 16.2. The zero-order valence-electron chi connectivity index (χ0n) is 14.3. The number of para-hydroxylation sites is 1. The van der Waals surface area contributed by atoms with Gasteiger partial charge in [-0.15, -0.1) is 11.3 Å². The lowest BCUT2D eigenvalue weighted by atomic mass is 10.1. The first-order chi connectivity index (χ1) is 12.2. The molecule has 0 bridgehead atoms. The minimum atomic E-state index is 0.641. The number of fused-ring (bicyclic) bond motifs is 1. The van der Waals surface area contributed by atoms with E-state index in [9.17, 15) is 5.26 Å². The van der Waals surface area contributed by atoms with E-state index in [4.69, 9.17) is 4.98 Å². The second-order valence-electron chi connectivity index (χ2n) is 6.57. The topological polar surface area (TPSA) is 43.2 Å². The first-order valence-electron chi connectivity index (χ1n) is 8.51. The molecule has 126 valence electrons. The van der Waals surface area contributed by atoms with Crippen molar-refractivity contribution >= 4 is 22.2 Å². The number of rotatable bonds is 3. The average molecular weight is 348 g/mol. The summed E-state index contributed by atoms with van der Waals surface area (Å²) in [5.74, 6) is 0. The normalized spacial score (nSPS) is 16.2. The molecule has 0 atom stereocenters. The lowest BCUT2D eigenvalue weighted by Gasteiger charge is -2.31. The molecule has 0 N–H and O–H groups in total. The predicted octanol–water partition coefficient (Wildman–Crippen LogP) is 3.58. The van der Waals surface area contributed by atoms with E-state index in [2.05, 4.69) is 34.4 Å². The second-order valence-corrected chi connectivity index (χ2v) is 7.57. The Labute approximate surface area is 151 Å². The van der Waals surface area contributed by atoms with Crippen LogP contribution in [0.4, 0.5) is 0 Å². The van der Waals surface area contributed by atoms with Crippen molar-refractivity contribution in [1.29, 1.82) is 5.26 Å². The Hall–Kier alpha value is -2.26. The molecule has 4 nitrogen and oxygen atoms in total. The van der Waals surface area contributed by atoms with Crippen molar-refractivity contribution in [2.45, 2.75) is 6.54 Å². The summed E-state index contributed by atoms with van der Waals surface area (Å²) in [6.45, 7) is 5.46. The summed E-state index contributed by atoms with van der Waals surface area (Å²) in [5, 5.41) is 12.7. The molecule has 25 heavy (non-hydrogen) atoms. The van der Waals surface area contributed by atoms with Gasteiger partial charge >= 0.3 is 0 Å².